The zero-order valence-electron chi connectivity index (χ0n) is 21.6. The number of rotatable bonds is 14. The number of aliphatic hydroxyl groups excluding tert-OH is 1. The Labute approximate surface area is 222 Å². The van der Waals surface area contributed by atoms with Crippen LogP contribution in [0.5, 0.6) is 0 Å². The highest BCUT2D eigenvalue weighted by atomic mass is 32.1. The van der Waals surface area contributed by atoms with Gasteiger partial charge in [-0.2, -0.15) is 8.78 Å². The van der Waals surface area contributed by atoms with Crippen molar-refractivity contribution in [3.8, 4) is 0 Å². The molecule has 1 unspecified atom stereocenters. The summed E-state index contributed by atoms with van der Waals surface area (Å²) in [6.45, 7) is 2.14. The molecule has 1 aromatic carbocycles. The topological polar surface area (TPSA) is 66.8 Å². The number of carbonyl (C=O) groups excluding carboxylic acids is 2. The summed E-state index contributed by atoms with van der Waals surface area (Å²) in [4.78, 5) is 26.6. The van der Waals surface area contributed by atoms with Crippen LogP contribution >= 0.6 is 11.3 Å². The summed E-state index contributed by atoms with van der Waals surface area (Å²) in [5.74, 6) is -4.96. The molecule has 0 aliphatic carbocycles. The Kier molecular flexibility index (Phi) is 10.8. The van der Waals surface area contributed by atoms with E-state index in [1.165, 1.54) is 28.9 Å². The number of thiophene rings is 1. The molecule has 37 heavy (non-hydrogen) atoms. The van der Waals surface area contributed by atoms with Crippen molar-refractivity contribution in [2.75, 3.05) is 13.7 Å². The minimum Gasteiger partial charge on any atom is -0.465 e. The van der Waals surface area contributed by atoms with E-state index in [2.05, 4.69) is 12.1 Å². The van der Waals surface area contributed by atoms with Crippen molar-refractivity contribution in [3.05, 3.63) is 69.9 Å². The molecule has 0 radical (unpaired) electrons. The first kappa shape index (κ1) is 29.0. The Morgan fingerprint density at radius 1 is 1.16 bits per heavy atom. The van der Waals surface area contributed by atoms with Gasteiger partial charge in [0.25, 0.3) is 5.91 Å². The molecule has 2 aromatic rings. The van der Waals surface area contributed by atoms with Gasteiger partial charge in [-0.3, -0.25) is 4.79 Å². The summed E-state index contributed by atoms with van der Waals surface area (Å²) >= 11 is 1.30. The molecule has 1 amide bonds. The van der Waals surface area contributed by atoms with Gasteiger partial charge >= 0.3 is 11.9 Å². The Bertz CT molecular complexity index is 1040. The number of aryl methyl sites for hydroxylation is 2. The number of amides is 1. The van der Waals surface area contributed by atoms with E-state index in [0.29, 0.717) is 17.7 Å². The van der Waals surface area contributed by atoms with E-state index in [4.69, 9.17) is 4.74 Å². The lowest BCUT2D eigenvalue weighted by molar-refractivity contribution is -0.148. The maximum atomic E-state index is 14.2. The number of nitrogens with zero attached hydrogens (tertiary/aromatic N) is 1. The number of alkyl halides is 2. The van der Waals surface area contributed by atoms with E-state index in [1.54, 1.807) is 18.2 Å². The van der Waals surface area contributed by atoms with E-state index in [9.17, 15) is 23.5 Å². The zero-order chi connectivity index (χ0) is 26.8. The molecule has 5 nitrogen and oxygen atoms in total. The van der Waals surface area contributed by atoms with Gasteiger partial charge in [0, 0.05) is 17.8 Å². The molecular weight excluding hydrogens is 496 g/mol. The average molecular weight is 534 g/mol. The molecular formula is C29H37F2NO4S. The fourth-order valence-electron chi connectivity index (χ4n) is 4.63. The fourth-order valence-corrected chi connectivity index (χ4v) is 5.59. The summed E-state index contributed by atoms with van der Waals surface area (Å²) in [6, 6.07) is 13.1. The standard InChI is InChI=1S/C29H37F2NO4S/c1-21(10-5-3-6-11-22-12-7-4-8-13-22)25(33)17-15-23-20-29(30,31)28(35)32(23)19-9-14-24-16-18-26(37-24)27(34)36-2/h4,7-8,12-13,15-18,21,23,25,33H,3,5-6,9-11,14,19-20H2,1-2H3/b17-15+/t21-,23?,25+/m0/s1. The number of benzene rings is 1. The number of hydrogen-bond acceptors (Lipinski definition) is 5. The Balaban J connectivity index is 1.45. The molecule has 0 spiro atoms. The van der Waals surface area contributed by atoms with Gasteiger partial charge in [0.1, 0.15) is 4.88 Å². The summed E-state index contributed by atoms with van der Waals surface area (Å²) in [7, 11) is 1.32. The normalized spacial score (nSPS) is 18.9. The molecule has 0 saturated carbocycles. The number of carbonyl (C=O) groups is 2. The van der Waals surface area contributed by atoms with Gasteiger partial charge in [-0.05, 0) is 55.7 Å². The van der Waals surface area contributed by atoms with Crippen LogP contribution in [0, 0.1) is 5.92 Å². The van der Waals surface area contributed by atoms with Crippen molar-refractivity contribution in [3.63, 3.8) is 0 Å². The van der Waals surface area contributed by atoms with Gasteiger partial charge in [0.05, 0.1) is 19.3 Å². The first-order valence-corrected chi connectivity index (χ1v) is 13.8. The Hall–Kier alpha value is -2.58. The van der Waals surface area contributed by atoms with Crippen LogP contribution in [0.4, 0.5) is 8.78 Å². The van der Waals surface area contributed by atoms with Crippen LogP contribution in [0.15, 0.2) is 54.6 Å². The minimum absolute atomic E-state index is 0.00174. The number of aliphatic hydroxyl groups is 1. The number of halogens is 2. The van der Waals surface area contributed by atoms with Crippen LogP contribution in [0.3, 0.4) is 0 Å². The van der Waals surface area contributed by atoms with Crippen molar-refractivity contribution in [1.29, 1.82) is 0 Å². The minimum atomic E-state index is -3.40. The predicted octanol–water partition coefficient (Wildman–Crippen LogP) is 6.06. The molecule has 1 N–H and O–H groups in total. The second-order valence-electron chi connectivity index (χ2n) is 9.77. The van der Waals surface area contributed by atoms with E-state index >= 15 is 0 Å². The van der Waals surface area contributed by atoms with Gasteiger partial charge in [-0.1, -0.05) is 62.2 Å². The zero-order valence-corrected chi connectivity index (χ0v) is 22.4. The molecule has 1 aliphatic rings. The molecule has 3 rings (SSSR count). The highest BCUT2D eigenvalue weighted by Crippen LogP contribution is 2.34. The number of likely N-dealkylation sites (tertiary alicyclic amines) is 1. The molecule has 1 aliphatic heterocycles. The number of unbranched alkanes of at least 4 members (excludes halogenated alkanes) is 2. The number of methoxy groups -OCH3 is 1. The lowest BCUT2D eigenvalue weighted by Crippen LogP contribution is -2.36. The molecule has 0 bridgehead atoms. The first-order valence-electron chi connectivity index (χ1n) is 13.0. The molecule has 202 valence electrons. The lowest BCUT2D eigenvalue weighted by atomic mass is 9.95. The summed E-state index contributed by atoms with van der Waals surface area (Å²) in [6.07, 6.45) is 7.91. The van der Waals surface area contributed by atoms with Crippen LogP contribution < -0.4 is 0 Å². The highest BCUT2D eigenvalue weighted by molar-refractivity contribution is 7.13. The van der Waals surface area contributed by atoms with Crippen LogP contribution in [0.25, 0.3) is 0 Å². The summed E-state index contributed by atoms with van der Waals surface area (Å²) < 4.78 is 33.2. The molecule has 3 atom stereocenters. The smallest absolute Gasteiger partial charge is 0.348 e. The van der Waals surface area contributed by atoms with E-state index < -0.39 is 36.4 Å². The van der Waals surface area contributed by atoms with Gasteiger partial charge < -0.3 is 14.7 Å². The Morgan fingerprint density at radius 3 is 2.65 bits per heavy atom. The van der Waals surface area contributed by atoms with E-state index in [1.807, 2.05) is 31.2 Å². The predicted molar refractivity (Wildman–Crippen MR) is 142 cm³/mol. The van der Waals surface area contributed by atoms with Gasteiger partial charge in [0.15, 0.2) is 0 Å². The second-order valence-corrected chi connectivity index (χ2v) is 10.9. The van der Waals surface area contributed by atoms with E-state index in [0.717, 1.165) is 37.0 Å². The van der Waals surface area contributed by atoms with Crippen molar-refractivity contribution in [1.82, 2.24) is 4.90 Å². The quantitative estimate of drug-likeness (QED) is 0.182. The maximum absolute atomic E-state index is 14.2. The van der Waals surface area contributed by atoms with Crippen LogP contribution in [0.2, 0.25) is 0 Å². The Morgan fingerprint density at radius 2 is 1.92 bits per heavy atom. The monoisotopic (exact) mass is 533 g/mol. The average Bonchev–Trinajstić information content (AvgIpc) is 3.45. The van der Waals surface area contributed by atoms with Crippen molar-refractivity contribution in [2.45, 2.75) is 76.4 Å². The molecule has 2 heterocycles. The molecule has 1 aromatic heterocycles. The van der Waals surface area contributed by atoms with Crippen molar-refractivity contribution in [2.24, 2.45) is 5.92 Å². The highest BCUT2D eigenvalue weighted by Gasteiger charge is 2.52. The first-order chi connectivity index (χ1) is 17.7. The van der Waals surface area contributed by atoms with Crippen molar-refractivity contribution < 1.29 is 28.2 Å². The largest absolute Gasteiger partial charge is 0.465 e. The second kappa shape index (κ2) is 13.8. The van der Waals surface area contributed by atoms with Crippen LogP contribution in [-0.2, 0) is 22.4 Å². The summed E-state index contributed by atoms with van der Waals surface area (Å²) in [5.41, 5.74) is 1.33. The van der Waals surface area contributed by atoms with Crippen molar-refractivity contribution >= 4 is 23.2 Å². The number of hydrogen-bond donors (Lipinski definition) is 1. The lowest BCUT2D eigenvalue weighted by Gasteiger charge is -2.22. The third-order valence-electron chi connectivity index (χ3n) is 6.89. The SMILES string of the molecule is COC(=O)c1ccc(CCCN2C(=O)C(F)(F)CC2/C=C/[C@@H](O)[C@@H](C)CCCCCc2ccccc2)s1. The fraction of sp³-hybridized carbons (Fsp3) is 0.517. The maximum Gasteiger partial charge on any atom is 0.348 e. The van der Waals surface area contributed by atoms with Crippen LogP contribution in [0.1, 0.15) is 65.6 Å². The molecule has 1 saturated heterocycles. The molecule has 1 fully saturated rings. The van der Waals surface area contributed by atoms with Crippen LogP contribution in [-0.4, -0.2) is 53.6 Å². The molecule has 8 heteroatoms. The van der Waals surface area contributed by atoms with Gasteiger partial charge in [0.2, 0.25) is 0 Å². The third kappa shape index (κ3) is 8.47. The number of esters is 1. The summed E-state index contributed by atoms with van der Waals surface area (Å²) in [5, 5.41) is 10.6. The van der Waals surface area contributed by atoms with Gasteiger partial charge in [-0.15, -0.1) is 11.3 Å². The number of ether oxygens (including phenoxy) is 1. The third-order valence-corrected chi connectivity index (χ3v) is 8.02. The van der Waals surface area contributed by atoms with E-state index in [-0.39, 0.29) is 12.5 Å². The van der Waals surface area contributed by atoms with Gasteiger partial charge in [-0.25, -0.2) is 4.79 Å².